The number of halogens is 3. The van der Waals surface area contributed by atoms with Crippen LogP contribution in [0.2, 0.25) is 0 Å². The lowest BCUT2D eigenvalue weighted by atomic mass is 9.99. The number of nitrogens with zero attached hydrogens (tertiary/aromatic N) is 1. The third-order valence-corrected chi connectivity index (χ3v) is 5.89. The highest BCUT2D eigenvalue weighted by Crippen LogP contribution is 2.34. The zero-order valence-corrected chi connectivity index (χ0v) is 18.6. The molecule has 0 saturated heterocycles. The summed E-state index contributed by atoms with van der Waals surface area (Å²) in [5, 5.41) is 0. The van der Waals surface area contributed by atoms with E-state index in [0.717, 1.165) is 11.6 Å². The first-order chi connectivity index (χ1) is 16.0. The third kappa shape index (κ3) is 5.87. The van der Waals surface area contributed by atoms with Gasteiger partial charge in [0.2, 0.25) is 0 Å². The summed E-state index contributed by atoms with van der Waals surface area (Å²) in [6.45, 7) is -0.212. The standard InChI is InChI=1S/C22H20F3NO7S/c1-31-20(27)17-9-7-16(8-10-17)19-13-18(33-34(29,30)22(23,24)25)11-12-26(19)21(28)32-14-15-5-3-2-4-6-15/h2-10,13,19H,11-12,14H2,1H3/t19-/m0/s1. The predicted octanol–water partition coefficient (Wildman–Crippen LogP) is 4.31. The van der Waals surface area contributed by atoms with E-state index in [1.165, 1.54) is 36.3 Å². The fourth-order valence-corrected chi connectivity index (χ4v) is 3.71. The molecule has 1 atom stereocenters. The van der Waals surface area contributed by atoms with Gasteiger partial charge in [-0.3, -0.25) is 4.90 Å². The number of alkyl halides is 3. The first-order valence-electron chi connectivity index (χ1n) is 9.89. The molecule has 0 aromatic heterocycles. The molecule has 2 aromatic carbocycles. The molecule has 1 heterocycles. The molecule has 3 rings (SSSR count). The van der Waals surface area contributed by atoms with E-state index in [2.05, 4.69) is 8.92 Å². The van der Waals surface area contributed by atoms with Crippen molar-refractivity contribution in [1.82, 2.24) is 4.90 Å². The SMILES string of the molecule is COC(=O)c1ccc([C@@H]2C=C(OS(=O)(=O)C(F)(F)F)CCN2C(=O)OCc2ccccc2)cc1. The van der Waals surface area contributed by atoms with Crippen molar-refractivity contribution < 1.29 is 44.8 Å². The van der Waals surface area contributed by atoms with Crippen molar-refractivity contribution in [3.05, 3.63) is 83.1 Å². The van der Waals surface area contributed by atoms with Crippen molar-refractivity contribution in [2.24, 2.45) is 0 Å². The molecule has 0 radical (unpaired) electrons. The number of methoxy groups -OCH3 is 1. The van der Waals surface area contributed by atoms with Gasteiger partial charge in [-0.15, -0.1) is 0 Å². The van der Waals surface area contributed by atoms with Crippen molar-refractivity contribution in [3.63, 3.8) is 0 Å². The minimum Gasteiger partial charge on any atom is -0.465 e. The topological polar surface area (TPSA) is 99.2 Å². The van der Waals surface area contributed by atoms with Crippen LogP contribution in [0.1, 0.15) is 33.9 Å². The van der Waals surface area contributed by atoms with Gasteiger partial charge in [0, 0.05) is 13.0 Å². The highest BCUT2D eigenvalue weighted by molar-refractivity contribution is 7.87. The molecule has 1 aliphatic heterocycles. The van der Waals surface area contributed by atoms with Crippen LogP contribution >= 0.6 is 0 Å². The molecule has 0 N–H and O–H groups in total. The van der Waals surface area contributed by atoms with E-state index in [0.29, 0.717) is 5.56 Å². The Balaban J connectivity index is 1.88. The largest absolute Gasteiger partial charge is 0.534 e. The molecule has 182 valence electrons. The van der Waals surface area contributed by atoms with Crippen LogP contribution in [0.3, 0.4) is 0 Å². The van der Waals surface area contributed by atoms with Crippen molar-refractivity contribution in [2.75, 3.05) is 13.7 Å². The van der Waals surface area contributed by atoms with Crippen molar-refractivity contribution in [1.29, 1.82) is 0 Å². The molecule has 0 fully saturated rings. The summed E-state index contributed by atoms with van der Waals surface area (Å²) in [4.78, 5) is 25.7. The summed E-state index contributed by atoms with van der Waals surface area (Å²) >= 11 is 0. The highest BCUT2D eigenvalue weighted by atomic mass is 32.2. The van der Waals surface area contributed by atoms with Crippen molar-refractivity contribution >= 4 is 22.2 Å². The minimum absolute atomic E-state index is 0.0420. The Hall–Kier alpha value is -3.54. The van der Waals surface area contributed by atoms with E-state index >= 15 is 0 Å². The second-order valence-corrected chi connectivity index (χ2v) is 8.70. The summed E-state index contributed by atoms with van der Waals surface area (Å²) in [7, 11) is -4.67. The summed E-state index contributed by atoms with van der Waals surface area (Å²) in [6, 6.07) is 13.6. The van der Waals surface area contributed by atoms with Crippen LogP contribution in [-0.2, 0) is 30.4 Å². The maximum atomic E-state index is 12.8. The van der Waals surface area contributed by atoms with E-state index in [9.17, 15) is 31.2 Å². The van der Waals surface area contributed by atoms with Crippen LogP contribution in [0.4, 0.5) is 18.0 Å². The molecule has 1 aliphatic rings. The van der Waals surface area contributed by atoms with Crippen LogP contribution in [0, 0.1) is 0 Å². The summed E-state index contributed by atoms with van der Waals surface area (Å²) in [5.41, 5.74) is -4.28. The number of hydrogen-bond acceptors (Lipinski definition) is 7. The number of esters is 1. The first-order valence-corrected chi connectivity index (χ1v) is 11.3. The Morgan fingerprint density at radius 1 is 1.06 bits per heavy atom. The second-order valence-electron chi connectivity index (χ2n) is 7.16. The Morgan fingerprint density at radius 3 is 2.29 bits per heavy atom. The fraction of sp³-hybridized carbons (Fsp3) is 0.273. The van der Waals surface area contributed by atoms with Crippen LogP contribution in [0.15, 0.2) is 66.4 Å². The molecular formula is C22H20F3NO7S. The molecule has 12 heteroatoms. The maximum absolute atomic E-state index is 12.8. The molecule has 0 unspecified atom stereocenters. The lowest BCUT2D eigenvalue weighted by Crippen LogP contribution is -2.39. The van der Waals surface area contributed by atoms with Gasteiger partial charge in [-0.2, -0.15) is 21.6 Å². The molecule has 0 spiro atoms. The lowest BCUT2D eigenvalue weighted by Gasteiger charge is -2.33. The predicted molar refractivity (Wildman–Crippen MR) is 113 cm³/mol. The van der Waals surface area contributed by atoms with Gasteiger partial charge in [0.25, 0.3) is 0 Å². The zero-order chi connectivity index (χ0) is 24.9. The molecule has 0 aliphatic carbocycles. The molecule has 0 bridgehead atoms. The number of carbonyl (C=O) groups excluding carboxylic acids is 2. The van der Waals surface area contributed by atoms with Gasteiger partial charge < -0.3 is 13.7 Å². The van der Waals surface area contributed by atoms with Crippen molar-refractivity contribution in [2.45, 2.75) is 24.6 Å². The van der Waals surface area contributed by atoms with Crippen molar-refractivity contribution in [3.8, 4) is 0 Å². The third-order valence-electron chi connectivity index (χ3n) is 4.89. The van der Waals surface area contributed by atoms with Gasteiger partial charge in [-0.25, -0.2) is 9.59 Å². The molecule has 1 amide bonds. The van der Waals surface area contributed by atoms with Crippen LogP contribution in [0.5, 0.6) is 0 Å². The molecule has 2 aromatic rings. The number of ether oxygens (including phenoxy) is 2. The molecule has 0 saturated carbocycles. The highest BCUT2D eigenvalue weighted by Gasteiger charge is 2.49. The summed E-state index contributed by atoms with van der Waals surface area (Å²) < 4.78 is 75.4. The number of rotatable bonds is 6. The minimum atomic E-state index is -5.87. The number of hydrogen-bond donors (Lipinski definition) is 0. The number of amides is 1. The summed E-state index contributed by atoms with van der Waals surface area (Å²) in [6.07, 6.45) is 0.0517. The smallest absolute Gasteiger partial charge is 0.465 e. The van der Waals surface area contributed by atoms with Crippen LogP contribution in [-0.4, -0.2) is 44.5 Å². The molecule has 8 nitrogen and oxygen atoms in total. The van der Waals surface area contributed by atoms with Gasteiger partial charge in [0.15, 0.2) is 0 Å². The van der Waals surface area contributed by atoms with Gasteiger partial charge in [-0.1, -0.05) is 42.5 Å². The monoisotopic (exact) mass is 499 g/mol. The maximum Gasteiger partial charge on any atom is 0.534 e. The average Bonchev–Trinajstić information content (AvgIpc) is 2.82. The van der Waals surface area contributed by atoms with E-state index in [4.69, 9.17) is 4.74 Å². The van der Waals surface area contributed by atoms with Gasteiger partial charge in [0.05, 0.1) is 18.7 Å². The number of benzene rings is 2. The van der Waals surface area contributed by atoms with Crippen LogP contribution < -0.4 is 0 Å². The Labute approximate surface area is 193 Å². The van der Waals surface area contributed by atoms with E-state index in [-0.39, 0.29) is 25.1 Å². The first kappa shape index (κ1) is 25.1. The Bertz CT molecular complexity index is 1160. The van der Waals surface area contributed by atoms with Crippen LogP contribution in [0.25, 0.3) is 0 Å². The zero-order valence-electron chi connectivity index (χ0n) is 17.8. The van der Waals surface area contributed by atoms with E-state index in [1.807, 2.05) is 0 Å². The van der Waals surface area contributed by atoms with Gasteiger partial charge in [-0.05, 0) is 29.3 Å². The van der Waals surface area contributed by atoms with Gasteiger partial charge >= 0.3 is 27.7 Å². The quantitative estimate of drug-likeness (QED) is 0.332. The van der Waals surface area contributed by atoms with E-state index in [1.54, 1.807) is 30.3 Å². The Kier molecular flexibility index (Phi) is 7.50. The van der Waals surface area contributed by atoms with E-state index < -0.39 is 39.5 Å². The normalized spacial score (nSPS) is 16.4. The number of carbonyl (C=O) groups is 2. The molecule has 34 heavy (non-hydrogen) atoms. The van der Waals surface area contributed by atoms with Gasteiger partial charge in [0.1, 0.15) is 12.4 Å². The lowest BCUT2D eigenvalue weighted by molar-refractivity contribution is -0.0526. The average molecular weight is 499 g/mol. The second kappa shape index (κ2) is 10.2. The Morgan fingerprint density at radius 2 is 1.71 bits per heavy atom. The fourth-order valence-electron chi connectivity index (χ4n) is 3.19. The molecular weight excluding hydrogens is 479 g/mol. The summed E-state index contributed by atoms with van der Waals surface area (Å²) in [5.74, 6) is -1.07.